The van der Waals surface area contributed by atoms with E-state index < -0.39 is 0 Å². The molecule has 0 amide bonds. The predicted octanol–water partition coefficient (Wildman–Crippen LogP) is 11.4. The van der Waals surface area contributed by atoms with Gasteiger partial charge in [-0.1, -0.05) is 127 Å². The molecule has 0 bridgehead atoms. The van der Waals surface area contributed by atoms with E-state index in [0.29, 0.717) is 5.95 Å². The molecule has 7 aromatic carbocycles. The summed E-state index contributed by atoms with van der Waals surface area (Å²) in [4.78, 5) is 16.1. The minimum atomic E-state index is 0.635. The first-order valence-corrected chi connectivity index (χ1v) is 17.9. The van der Waals surface area contributed by atoms with Crippen LogP contribution in [0.3, 0.4) is 0 Å². The molecule has 246 valence electrons. The Labute approximate surface area is 302 Å². The van der Waals surface area contributed by atoms with Gasteiger partial charge >= 0.3 is 0 Å². The molecule has 0 atom stereocenters. The van der Waals surface area contributed by atoms with Gasteiger partial charge in [-0.2, -0.15) is 0 Å². The molecule has 53 heavy (non-hydrogen) atoms. The lowest BCUT2D eigenvalue weighted by molar-refractivity contribution is 1.01. The highest BCUT2D eigenvalue weighted by molar-refractivity contribution is 6.25. The zero-order valence-corrected chi connectivity index (χ0v) is 28.3. The molecule has 0 N–H and O–H groups in total. The van der Waals surface area contributed by atoms with Crippen molar-refractivity contribution in [2.75, 3.05) is 0 Å². The van der Waals surface area contributed by atoms with E-state index in [1.165, 1.54) is 16.3 Å². The first-order chi connectivity index (χ1) is 26.3. The molecule has 0 radical (unpaired) electrons. The Morgan fingerprint density at radius 2 is 0.981 bits per heavy atom. The van der Waals surface area contributed by atoms with E-state index in [1.54, 1.807) is 0 Å². The summed E-state index contributed by atoms with van der Waals surface area (Å²) in [6.45, 7) is 0. The number of hydrogen-bond acceptors (Lipinski definition) is 3. The standard InChI is InChI=1S/C47H28N6/c1-3-15-29(16-4-1)42-33-21-9-12-24-36(33)48-47(50-42)52-37-25-13-10-22-34(37)41-39(52)27-28-40-43(41)49-46-32-20-8-7-19-31(32)44-45(53(40)46)35-23-11-14-26-38(35)51(44)30-17-5-2-6-18-30/h1-28H. The third kappa shape index (κ3) is 3.84. The van der Waals surface area contributed by atoms with E-state index in [-0.39, 0.29) is 0 Å². The molecule has 0 fully saturated rings. The Morgan fingerprint density at radius 1 is 0.377 bits per heavy atom. The fourth-order valence-electron chi connectivity index (χ4n) is 8.62. The maximum Gasteiger partial charge on any atom is 0.235 e. The maximum absolute atomic E-state index is 5.58. The van der Waals surface area contributed by atoms with E-state index >= 15 is 0 Å². The molecule has 5 heterocycles. The lowest BCUT2D eigenvalue weighted by atomic mass is 10.1. The Bertz CT molecular complexity index is 3450. The topological polar surface area (TPSA) is 52.9 Å². The number of benzene rings is 7. The summed E-state index contributed by atoms with van der Waals surface area (Å²) in [5.41, 5.74) is 12.5. The molecule has 5 aromatic heterocycles. The van der Waals surface area contributed by atoms with Crippen LogP contribution in [0.4, 0.5) is 0 Å². The minimum absolute atomic E-state index is 0.635. The summed E-state index contributed by atoms with van der Waals surface area (Å²) in [5.74, 6) is 0.635. The number of hydrogen-bond donors (Lipinski definition) is 0. The van der Waals surface area contributed by atoms with Crippen LogP contribution in [0.1, 0.15) is 0 Å². The zero-order valence-electron chi connectivity index (χ0n) is 28.3. The molecule has 0 aliphatic heterocycles. The van der Waals surface area contributed by atoms with Crippen molar-refractivity contribution in [1.29, 1.82) is 0 Å². The summed E-state index contributed by atoms with van der Waals surface area (Å²) in [7, 11) is 0. The first kappa shape index (κ1) is 28.4. The second-order valence-corrected chi connectivity index (χ2v) is 13.6. The van der Waals surface area contributed by atoms with Gasteiger partial charge in [0, 0.05) is 43.6 Å². The fourth-order valence-corrected chi connectivity index (χ4v) is 8.62. The van der Waals surface area contributed by atoms with Gasteiger partial charge < -0.3 is 4.57 Å². The molecule has 6 heteroatoms. The average Bonchev–Trinajstić information content (AvgIpc) is 3.89. The molecule has 0 spiro atoms. The highest BCUT2D eigenvalue weighted by Crippen LogP contribution is 2.43. The zero-order chi connectivity index (χ0) is 34.6. The van der Waals surface area contributed by atoms with E-state index in [1.807, 2.05) is 12.1 Å². The predicted molar refractivity (Wildman–Crippen MR) is 217 cm³/mol. The quantitative estimate of drug-likeness (QED) is 0.187. The largest absolute Gasteiger partial charge is 0.307 e. The summed E-state index contributed by atoms with van der Waals surface area (Å²) in [6, 6.07) is 59.8. The molecule has 0 aliphatic rings. The monoisotopic (exact) mass is 676 g/mol. The van der Waals surface area contributed by atoms with Crippen LogP contribution in [0.15, 0.2) is 170 Å². The molecule has 0 saturated carbocycles. The van der Waals surface area contributed by atoms with Crippen molar-refractivity contribution >= 4 is 82.1 Å². The second kappa shape index (κ2) is 10.6. The number of aromatic nitrogens is 6. The SMILES string of the molecule is c1ccc(-c2nc(-n3c4ccccc4c4c5nc6c7ccccc7c7c(c8ccccc8n7-c7ccccc7)n6c5ccc43)nc3ccccc23)cc1. The highest BCUT2D eigenvalue weighted by atomic mass is 15.2. The van der Waals surface area contributed by atoms with Crippen LogP contribution in [0.2, 0.25) is 0 Å². The van der Waals surface area contributed by atoms with E-state index in [0.717, 1.165) is 82.8 Å². The summed E-state index contributed by atoms with van der Waals surface area (Å²) >= 11 is 0. The Hall–Kier alpha value is -7.31. The fraction of sp³-hybridized carbons (Fsp3) is 0. The van der Waals surface area contributed by atoms with E-state index in [4.69, 9.17) is 15.0 Å². The number of fused-ring (bicyclic) bond motifs is 15. The third-order valence-electron chi connectivity index (χ3n) is 10.8. The van der Waals surface area contributed by atoms with Gasteiger partial charge in [0.05, 0.1) is 49.8 Å². The number of para-hydroxylation sites is 4. The van der Waals surface area contributed by atoms with Crippen molar-refractivity contribution in [3.8, 4) is 22.9 Å². The van der Waals surface area contributed by atoms with Gasteiger partial charge in [-0.3, -0.25) is 8.97 Å². The van der Waals surface area contributed by atoms with Gasteiger partial charge in [-0.15, -0.1) is 0 Å². The van der Waals surface area contributed by atoms with Crippen molar-refractivity contribution in [3.05, 3.63) is 170 Å². The number of pyridine rings is 1. The van der Waals surface area contributed by atoms with Crippen molar-refractivity contribution in [3.63, 3.8) is 0 Å². The molecule has 6 nitrogen and oxygen atoms in total. The van der Waals surface area contributed by atoms with Gasteiger partial charge in [0.25, 0.3) is 0 Å². The van der Waals surface area contributed by atoms with Crippen LogP contribution in [0.5, 0.6) is 0 Å². The second-order valence-electron chi connectivity index (χ2n) is 13.6. The van der Waals surface area contributed by atoms with Crippen molar-refractivity contribution in [2.45, 2.75) is 0 Å². The number of rotatable bonds is 3. The third-order valence-corrected chi connectivity index (χ3v) is 10.8. The van der Waals surface area contributed by atoms with Crippen molar-refractivity contribution in [2.24, 2.45) is 0 Å². The summed E-state index contributed by atoms with van der Waals surface area (Å²) in [6.07, 6.45) is 0. The van der Waals surface area contributed by atoms with Gasteiger partial charge in [-0.05, 0) is 42.5 Å². The van der Waals surface area contributed by atoms with Crippen LogP contribution < -0.4 is 0 Å². The lowest BCUT2D eigenvalue weighted by Crippen LogP contribution is -2.03. The van der Waals surface area contributed by atoms with Crippen molar-refractivity contribution < 1.29 is 0 Å². The number of imidazole rings is 1. The number of nitrogens with zero attached hydrogens (tertiary/aromatic N) is 6. The summed E-state index contributed by atoms with van der Waals surface area (Å²) < 4.78 is 7.01. The Morgan fingerprint density at radius 3 is 1.77 bits per heavy atom. The van der Waals surface area contributed by atoms with Gasteiger partial charge in [0.15, 0.2) is 0 Å². The molecular weight excluding hydrogens is 649 g/mol. The van der Waals surface area contributed by atoms with Gasteiger partial charge in [0.2, 0.25) is 5.95 Å². The highest BCUT2D eigenvalue weighted by Gasteiger charge is 2.24. The molecular formula is C47H28N6. The van der Waals surface area contributed by atoms with Crippen LogP contribution in [-0.4, -0.2) is 28.5 Å². The Balaban J connectivity index is 1.25. The Kier molecular flexibility index (Phi) is 5.68. The lowest BCUT2D eigenvalue weighted by Gasteiger charge is -2.12. The van der Waals surface area contributed by atoms with Gasteiger partial charge in [-0.25, -0.2) is 15.0 Å². The van der Waals surface area contributed by atoms with Crippen LogP contribution >= 0.6 is 0 Å². The maximum atomic E-state index is 5.58. The molecule has 0 saturated heterocycles. The molecule has 0 unspecified atom stereocenters. The van der Waals surface area contributed by atoms with Gasteiger partial charge in [0.1, 0.15) is 5.65 Å². The average molecular weight is 677 g/mol. The molecule has 12 rings (SSSR count). The molecule has 0 aliphatic carbocycles. The van der Waals surface area contributed by atoms with Crippen molar-refractivity contribution in [1.82, 2.24) is 28.5 Å². The minimum Gasteiger partial charge on any atom is -0.307 e. The molecule has 12 aromatic rings. The normalized spacial score (nSPS) is 12.2. The van der Waals surface area contributed by atoms with Crippen LogP contribution in [0.25, 0.3) is 105 Å². The summed E-state index contributed by atoms with van der Waals surface area (Å²) in [5, 5.41) is 6.68. The van der Waals surface area contributed by atoms with E-state index in [9.17, 15) is 0 Å². The van der Waals surface area contributed by atoms with Crippen LogP contribution in [-0.2, 0) is 0 Å². The van der Waals surface area contributed by atoms with Crippen LogP contribution in [0, 0.1) is 0 Å². The van der Waals surface area contributed by atoms with E-state index in [2.05, 4.69) is 171 Å². The smallest absolute Gasteiger partial charge is 0.235 e. The first-order valence-electron chi connectivity index (χ1n) is 17.9.